The maximum absolute atomic E-state index is 10.1. The summed E-state index contributed by atoms with van der Waals surface area (Å²) in [5.41, 5.74) is 0. The fraction of sp³-hybridized carbons (Fsp3) is 1.00. The number of aliphatic hydroxyl groups is 1. The first-order valence-corrected chi connectivity index (χ1v) is 5.95. The first-order valence-electron chi connectivity index (χ1n) is 5.95. The van der Waals surface area contributed by atoms with Gasteiger partial charge in [-0.3, -0.25) is 0 Å². The summed E-state index contributed by atoms with van der Waals surface area (Å²) < 4.78 is 17.5. The van der Waals surface area contributed by atoms with Gasteiger partial charge in [-0.25, -0.2) is 0 Å². The van der Waals surface area contributed by atoms with Crippen LogP contribution in [-0.4, -0.2) is 42.4 Å². The van der Waals surface area contributed by atoms with Crippen molar-refractivity contribution in [3.63, 3.8) is 0 Å². The summed E-state index contributed by atoms with van der Waals surface area (Å²) in [5, 5.41) is 10.1. The molecule has 3 heterocycles. The summed E-state index contributed by atoms with van der Waals surface area (Å²) in [4.78, 5) is 0. The van der Waals surface area contributed by atoms with Gasteiger partial charge in [0.05, 0.1) is 24.9 Å². The number of hydrogen-bond donors (Lipinski definition) is 1. The lowest BCUT2D eigenvalue weighted by atomic mass is 9.74. The molecule has 0 aromatic heterocycles. The molecule has 0 amide bonds. The summed E-state index contributed by atoms with van der Waals surface area (Å²) in [6.07, 6.45) is 1.23. The SMILES string of the molecule is O[C@@H]1[C@@H]2C[C@@H]3[C@H]1O[C@H]1[C@@H]3[C@@H]2[C@@H]2OC[C@H]1O2. The molecule has 3 aliphatic heterocycles. The van der Waals surface area contributed by atoms with Crippen LogP contribution in [0.5, 0.6) is 0 Å². The first kappa shape index (κ1) is 8.01. The number of hydrogen-bond acceptors (Lipinski definition) is 4. The van der Waals surface area contributed by atoms with Crippen LogP contribution in [0.3, 0.4) is 0 Å². The van der Waals surface area contributed by atoms with E-state index in [0.29, 0.717) is 30.3 Å². The van der Waals surface area contributed by atoms with Crippen LogP contribution < -0.4 is 0 Å². The predicted molar refractivity (Wildman–Crippen MR) is 47.9 cm³/mol. The molecule has 0 radical (unpaired) electrons. The molecule has 4 bridgehead atoms. The van der Waals surface area contributed by atoms with Gasteiger partial charge < -0.3 is 19.3 Å². The van der Waals surface area contributed by atoms with Crippen LogP contribution in [0.2, 0.25) is 0 Å². The molecule has 5 rings (SSSR count). The van der Waals surface area contributed by atoms with Crippen molar-refractivity contribution in [2.24, 2.45) is 23.7 Å². The van der Waals surface area contributed by atoms with E-state index in [9.17, 15) is 5.11 Å². The van der Waals surface area contributed by atoms with E-state index in [4.69, 9.17) is 14.2 Å². The molecule has 82 valence electrons. The predicted octanol–water partition coefficient (Wildman–Crippen LogP) is -0.248. The van der Waals surface area contributed by atoms with E-state index < -0.39 is 0 Å². The summed E-state index contributed by atoms with van der Waals surface area (Å²) >= 11 is 0. The van der Waals surface area contributed by atoms with Crippen molar-refractivity contribution in [3.05, 3.63) is 0 Å². The van der Waals surface area contributed by atoms with Gasteiger partial charge >= 0.3 is 0 Å². The lowest BCUT2D eigenvalue weighted by Crippen LogP contribution is -2.47. The molecule has 0 spiro atoms. The molecule has 0 unspecified atom stereocenters. The van der Waals surface area contributed by atoms with E-state index >= 15 is 0 Å². The molecule has 0 aromatic carbocycles. The zero-order chi connectivity index (χ0) is 9.73. The normalized spacial score (nSPS) is 73.0. The highest BCUT2D eigenvalue weighted by atomic mass is 16.7. The minimum atomic E-state index is -0.271. The molecule has 9 atom stereocenters. The van der Waals surface area contributed by atoms with E-state index in [1.165, 1.54) is 0 Å². The van der Waals surface area contributed by atoms with Gasteiger partial charge in [0.25, 0.3) is 0 Å². The third-order valence-corrected chi connectivity index (χ3v) is 5.28. The van der Waals surface area contributed by atoms with Gasteiger partial charge in [-0.2, -0.15) is 0 Å². The Morgan fingerprint density at radius 3 is 2.87 bits per heavy atom. The van der Waals surface area contributed by atoms with E-state index in [2.05, 4.69) is 0 Å². The molecule has 2 aliphatic carbocycles. The lowest BCUT2D eigenvalue weighted by Gasteiger charge is -2.37. The molecule has 4 heteroatoms. The molecular formula is C11H14O4. The number of aliphatic hydroxyl groups excluding tert-OH is 1. The number of rotatable bonds is 0. The summed E-state index contributed by atoms with van der Waals surface area (Å²) in [6, 6.07) is 0. The van der Waals surface area contributed by atoms with Crippen molar-refractivity contribution in [3.8, 4) is 0 Å². The standard InChI is InChI=1S/C11H14O4/c12-8-3-1-4-6-7(3)11-13-2-5(14-11)10(6)15-9(4)8/h3-12H,1-2H2/t3-,4+,5-,6+,7-,8-,9-,10-,11-/m1/s1. The Balaban J connectivity index is 1.69. The van der Waals surface area contributed by atoms with Gasteiger partial charge in [-0.1, -0.05) is 0 Å². The van der Waals surface area contributed by atoms with Gasteiger partial charge in [-0.05, 0) is 18.3 Å². The molecule has 5 fully saturated rings. The van der Waals surface area contributed by atoms with Crippen LogP contribution in [0.4, 0.5) is 0 Å². The molecular weight excluding hydrogens is 196 g/mol. The van der Waals surface area contributed by atoms with Crippen molar-refractivity contribution in [1.82, 2.24) is 0 Å². The lowest BCUT2D eigenvalue weighted by molar-refractivity contribution is -0.172. The van der Waals surface area contributed by atoms with Crippen LogP contribution in [0.1, 0.15) is 6.42 Å². The second-order valence-electron chi connectivity index (χ2n) is 5.65. The third kappa shape index (κ3) is 0.695. The van der Waals surface area contributed by atoms with Gasteiger partial charge in [0.1, 0.15) is 6.10 Å². The van der Waals surface area contributed by atoms with E-state index in [1.807, 2.05) is 0 Å². The average molecular weight is 210 g/mol. The molecule has 15 heavy (non-hydrogen) atoms. The maximum Gasteiger partial charge on any atom is 0.161 e. The third-order valence-electron chi connectivity index (χ3n) is 5.28. The average Bonchev–Trinajstić information content (AvgIpc) is 2.89. The van der Waals surface area contributed by atoms with Crippen LogP contribution in [0, 0.1) is 23.7 Å². The van der Waals surface area contributed by atoms with E-state index in [-0.39, 0.29) is 30.7 Å². The van der Waals surface area contributed by atoms with Gasteiger partial charge in [0, 0.05) is 11.8 Å². The first-order chi connectivity index (χ1) is 7.34. The maximum atomic E-state index is 10.1. The minimum absolute atomic E-state index is 0.0523. The number of fused-ring (bicyclic) bond motifs is 6. The van der Waals surface area contributed by atoms with Crippen LogP contribution >= 0.6 is 0 Å². The monoisotopic (exact) mass is 210 g/mol. The summed E-state index contributed by atoms with van der Waals surface area (Å²) in [5.74, 6) is 1.94. The van der Waals surface area contributed by atoms with Crippen molar-refractivity contribution in [2.45, 2.75) is 37.1 Å². The molecule has 3 saturated heterocycles. The molecule has 5 aliphatic rings. The van der Waals surface area contributed by atoms with Crippen LogP contribution in [-0.2, 0) is 14.2 Å². The zero-order valence-electron chi connectivity index (χ0n) is 8.28. The Hall–Kier alpha value is -0.160. The Bertz CT molecular complexity index is 333. The highest BCUT2D eigenvalue weighted by Gasteiger charge is 2.71. The van der Waals surface area contributed by atoms with Gasteiger partial charge in [-0.15, -0.1) is 0 Å². The fourth-order valence-electron chi connectivity index (χ4n) is 4.87. The minimum Gasteiger partial charge on any atom is -0.390 e. The van der Waals surface area contributed by atoms with Crippen molar-refractivity contribution < 1.29 is 19.3 Å². The van der Waals surface area contributed by atoms with Crippen molar-refractivity contribution >= 4 is 0 Å². The number of ether oxygens (including phenoxy) is 3. The second-order valence-corrected chi connectivity index (χ2v) is 5.65. The Morgan fingerprint density at radius 1 is 1.00 bits per heavy atom. The Labute approximate surface area is 87.5 Å². The van der Waals surface area contributed by atoms with Crippen molar-refractivity contribution in [2.75, 3.05) is 6.61 Å². The zero-order valence-corrected chi connectivity index (χ0v) is 8.28. The molecule has 2 saturated carbocycles. The van der Waals surface area contributed by atoms with E-state index in [0.717, 1.165) is 6.42 Å². The van der Waals surface area contributed by atoms with Gasteiger partial charge in [0.15, 0.2) is 6.29 Å². The molecule has 1 N–H and O–H groups in total. The van der Waals surface area contributed by atoms with Crippen LogP contribution in [0.25, 0.3) is 0 Å². The Morgan fingerprint density at radius 2 is 1.93 bits per heavy atom. The van der Waals surface area contributed by atoms with Crippen molar-refractivity contribution in [1.29, 1.82) is 0 Å². The smallest absolute Gasteiger partial charge is 0.161 e. The second kappa shape index (κ2) is 2.25. The van der Waals surface area contributed by atoms with E-state index in [1.54, 1.807) is 0 Å². The Kier molecular flexibility index (Phi) is 1.20. The van der Waals surface area contributed by atoms with Gasteiger partial charge in [0.2, 0.25) is 0 Å². The largest absolute Gasteiger partial charge is 0.390 e. The summed E-state index contributed by atoms with van der Waals surface area (Å²) in [6.45, 7) is 0.685. The topological polar surface area (TPSA) is 47.9 Å². The fourth-order valence-corrected chi connectivity index (χ4v) is 4.87. The summed E-state index contributed by atoms with van der Waals surface area (Å²) in [7, 11) is 0. The highest BCUT2D eigenvalue weighted by Crippen LogP contribution is 2.64. The molecule has 4 nitrogen and oxygen atoms in total. The molecule has 0 aromatic rings. The van der Waals surface area contributed by atoms with Crippen LogP contribution in [0.15, 0.2) is 0 Å². The highest BCUT2D eigenvalue weighted by molar-refractivity contribution is 5.16. The quantitative estimate of drug-likeness (QED) is 0.599.